The van der Waals surface area contributed by atoms with Crippen LogP contribution >= 0.6 is 11.3 Å². The average Bonchev–Trinajstić information content (AvgIpc) is 2.69. The Kier molecular flexibility index (Phi) is 5.98. The molecule has 3 nitrogen and oxygen atoms in total. The number of aliphatic hydroxyl groups is 1. The third kappa shape index (κ3) is 4.61. The van der Waals surface area contributed by atoms with Gasteiger partial charge in [-0.3, -0.25) is 0 Å². The second kappa shape index (κ2) is 7.01. The van der Waals surface area contributed by atoms with Crippen LogP contribution < -0.4 is 5.32 Å². The van der Waals surface area contributed by atoms with Crippen LogP contribution in [0.5, 0.6) is 0 Å². The van der Waals surface area contributed by atoms with Crippen molar-refractivity contribution in [1.82, 2.24) is 5.32 Å². The fourth-order valence-electron chi connectivity index (χ4n) is 1.78. The number of hydrogen-bond acceptors (Lipinski definition) is 4. The van der Waals surface area contributed by atoms with Gasteiger partial charge in [-0.2, -0.15) is 0 Å². The average molecular weight is 243 g/mol. The largest absolute Gasteiger partial charge is 0.388 e. The highest BCUT2D eigenvalue weighted by Gasteiger charge is 2.14. The van der Waals surface area contributed by atoms with Crippen LogP contribution in [0.2, 0.25) is 0 Å². The first-order chi connectivity index (χ1) is 7.63. The lowest BCUT2D eigenvalue weighted by Crippen LogP contribution is -2.38. The zero-order valence-corrected chi connectivity index (χ0v) is 11.0. The van der Waals surface area contributed by atoms with Crippen LogP contribution in [-0.2, 0) is 4.74 Å². The first-order valence-electron chi connectivity index (χ1n) is 5.60. The Hall–Kier alpha value is -0.420. The Balaban J connectivity index is 2.31. The monoisotopic (exact) mass is 243 g/mol. The molecule has 0 saturated heterocycles. The van der Waals surface area contributed by atoms with Gasteiger partial charge in [0.25, 0.3) is 0 Å². The minimum Gasteiger partial charge on any atom is -0.388 e. The molecule has 1 heterocycles. The first kappa shape index (κ1) is 13.6. The maximum atomic E-state index is 9.96. The predicted molar refractivity (Wildman–Crippen MR) is 67.8 cm³/mol. The molecule has 0 bridgehead atoms. The first-order valence-corrected chi connectivity index (χ1v) is 6.48. The summed E-state index contributed by atoms with van der Waals surface area (Å²) in [6.07, 6.45) is 0.367. The molecule has 92 valence electrons. The van der Waals surface area contributed by atoms with E-state index in [1.807, 2.05) is 17.5 Å². The summed E-state index contributed by atoms with van der Waals surface area (Å²) in [4.78, 5) is 1.04. The van der Waals surface area contributed by atoms with E-state index in [4.69, 9.17) is 4.74 Å². The second-order valence-corrected chi connectivity index (χ2v) is 5.17. The summed E-state index contributed by atoms with van der Waals surface area (Å²) in [5, 5.41) is 15.3. The van der Waals surface area contributed by atoms with E-state index in [-0.39, 0.29) is 12.1 Å². The van der Waals surface area contributed by atoms with Crippen molar-refractivity contribution in [3.05, 3.63) is 22.4 Å². The Morgan fingerprint density at radius 1 is 1.44 bits per heavy atom. The topological polar surface area (TPSA) is 41.5 Å². The van der Waals surface area contributed by atoms with Gasteiger partial charge in [-0.25, -0.2) is 0 Å². The van der Waals surface area contributed by atoms with Gasteiger partial charge in [-0.15, -0.1) is 11.3 Å². The van der Waals surface area contributed by atoms with Crippen LogP contribution in [0.3, 0.4) is 0 Å². The van der Waals surface area contributed by atoms with Crippen molar-refractivity contribution in [2.75, 3.05) is 13.7 Å². The molecule has 0 spiro atoms. The van der Waals surface area contributed by atoms with E-state index in [9.17, 15) is 5.11 Å². The van der Waals surface area contributed by atoms with Gasteiger partial charge in [0.2, 0.25) is 0 Å². The zero-order chi connectivity index (χ0) is 12.0. The fraction of sp³-hybridized carbons (Fsp3) is 0.667. The maximum absolute atomic E-state index is 9.96. The lowest BCUT2D eigenvalue weighted by Gasteiger charge is -2.21. The van der Waals surface area contributed by atoms with Crippen LogP contribution in [0.1, 0.15) is 31.2 Å². The number of rotatable bonds is 7. The van der Waals surface area contributed by atoms with Crippen LogP contribution in [0.15, 0.2) is 17.5 Å². The molecule has 0 aliphatic heterocycles. The lowest BCUT2D eigenvalue weighted by molar-refractivity contribution is 0.139. The predicted octanol–water partition coefficient (Wildman–Crippen LogP) is 2.18. The SMILES string of the molecule is COCC(C)NC(C)CC(O)c1cccs1. The molecular weight excluding hydrogens is 222 g/mol. The third-order valence-electron chi connectivity index (χ3n) is 2.43. The quantitative estimate of drug-likeness (QED) is 0.771. The molecule has 1 aromatic heterocycles. The lowest BCUT2D eigenvalue weighted by atomic mass is 10.1. The number of methoxy groups -OCH3 is 1. The van der Waals surface area contributed by atoms with Gasteiger partial charge in [0.05, 0.1) is 12.7 Å². The fourth-order valence-corrected chi connectivity index (χ4v) is 2.51. The smallest absolute Gasteiger partial charge is 0.0896 e. The van der Waals surface area contributed by atoms with Crippen molar-refractivity contribution in [1.29, 1.82) is 0 Å². The summed E-state index contributed by atoms with van der Waals surface area (Å²) >= 11 is 1.60. The minimum absolute atomic E-state index is 0.280. The van der Waals surface area contributed by atoms with Crippen molar-refractivity contribution in [3.8, 4) is 0 Å². The molecule has 1 aromatic rings. The molecule has 2 N–H and O–H groups in total. The molecule has 0 aliphatic rings. The normalized spacial score (nSPS) is 17.0. The van der Waals surface area contributed by atoms with Crippen molar-refractivity contribution < 1.29 is 9.84 Å². The Morgan fingerprint density at radius 3 is 2.75 bits per heavy atom. The van der Waals surface area contributed by atoms with Crippen LogP contribution in [-0.4, -0.2) is 30.9 Å². The van der Waals surface area contributed by atoms with Crippen molar-refractivity contribution in [2.24, 2.45) is 0 Å². The van der Waals surface area contributed by atoms with Gasteiger partial charge in [0.1, 0.15) is 0 Å². The molecule has 4 heteroatoms. The molecule has 0 fully saturated rings. The van der Waals surface area contributed by atoms with Crippen LogP contribution in [0.25, 0.3) is 0 Å². The minimum atomic E-state index is -0.364. The Bertz CT molecular complexity index is 277. The summed E-state index contributed by atoms with van der Waals surface area (Å²) in [6, 6.07) is 4.54. The molecule has 0 aliphatic carbocycles. The standard InChI is InChI=1S/C12H21NO2S/c1-9(13-10(2)8-15-3)7-11(14)12-5-4-6-16-12/h4-6,9-11,13-14H,7-8H2,1-3H3. The van der Waals surface area contributed by atoms with Gasteiger partial charge < -0.3 is 15.2 Å². The summed E-state index contributed by atoms with van der Waals surface area (Å²) in [7, 11) is 1.70. The van der Waals surface area contributed by atoms with Crippen LogP contribution in [0.4, 0.5) is 0 Å². The van der Waals surface area contributed by atoms with Gasteiger partial charge >= 0.3 is 0 Å². The number of thiophene rings is 1. The Morgan fingerprint density at radius 2 is 2.19 bits per heavy atom. The van der Waals surface area contributed by atoms with Crippen molar-refractivity contribution >= 4 is 11.3 Å². The molecule has 0 amide bonds. The van der Waals surface area contributed by atoms with Gasteiger partial charge in [0, 0.05) is 24.1 Å². The highest BCUT2D eigenvalue weighted by molar-refractivity contribution is 7.10. The van der Waals surface area contributed by atoms with E-state index >= 15 is 0 Å². The van der Waals surface area contributed by atoms with Gasteiger partial charge in [-0.05, 0) is 31.7 Å². The molecule has 3 atom stereocenters. The molecule has 3 unspecified atom stereocenters. The van der Waals surface area contributed by atoms with Gasteiger partial charge in [0.15, 0.2) is 0 Å². The van der Waals surface area contributed by atoms with Gasteiger partial charge in [-0.1, -0.05) is 6.07 Å². The van der Waals surface area contributed by atoms with E-state index in [0.29, 0.717) is 12.6 Å². The summed E-state index contributed by atoms with van der Waals surface area (Å²) in [6.45, 7) is 4.86. The zero-order valence-electron chi connectivity index (χ0n) is 10.1. The molecule has 1 rings (SSSR count). The van der Waals surface area contributed by atoms with Crippen molar-refractivity contribution in [2.45, 2.75) is 38.5 Å². The molecule has 16 heavy (non-hydrogen) atoms. The molecule has 0 radical (unpaired) electrons. The number of ether oxygens (including phenoxy) is 1. The number of aliphatic hydroxyl groups excluding tert-OH is 1. The van der Waals surface area contributed by atoms with E-state index in [1.165, 1.54) is 0 Å². The highest BCUT2D eigenvalue weighted by Crippen LogP contribution is 2.22. The summed E-state index contributed by atoms with van der Waals surface area (Å²) < 4.78 is 5.06. The van der Waals surface area contributed by atoms with E-state index in [0.717, 1.165) is 11.3 Å². The molecule has 0 saturated carbocycles. The maximum Gasteiger partial charge on any atom is 0.0896 e. The number of hydrogen-bond donors (Lipinski definition) is 2. The van der Waals surface area contributed by atoms with E-state index in [1.54, 1.807) is 18.4 Å². The molecule has 0 aromatic carbocycles. The summed E-state index contributed by atoms with van der Waals surface area (Å²) in [5.41, 5.74) is 0. The third-order valence-corrected chi connectivity index (χ3v) is 3.41. The van der Waals surface area contributed by atoms with E-state index < -0.39 is 0 Å². The second-order valence-electron chi connectivity index (χ2n) is 4.19. The van der Waals surface area contributed by atoms with Crippen molar-refractivity contribution in [3.63, 3.8) is 0 Å². The summed E-state index contributed by atoms with van der Waals surface area (Å²) in [5.74, 6) is 0. The highest BCUT2D eigenvalue weighted by atomic mass is 32.1. The molecular formula is C12H21NO2S. The Labute approximate surface area is 101 Å². The number of nitrogens with one attached hydrogen (secondary N) is 1. The van der Waals surface area contributed by atoms with Crippen LogP contribution in [0, 0.1) is 0 Å². The van der Waals surface area contributed by atoms with E-state index in [2.05, 4.69) is 19.2 Å².